The molecule has 78 valence electrons. The molecule has 1 saturated heterocycles. The first-order valence-corrected chi connectivity index (χ1v) is 5.34. The molecule has 0 amide bonds. The van der Waals surface area contributed by atoms with E-state index in [2.05, 4.69) is 25.7 Å². The zero-order valence-electron chi connectivity index (χ0n) is 9.38. The lowest BCUT2D eigenvalue weighted by atomic mass is 9.90. The fourth-order valence-corrected chi connectivity index (χ4v) is 2.05. The second kappa shape index (κ2) is 3.97. The summed E-state index contributed by atoms with van der Waals surface area (Å²) in [5.41, 5.74) is 0.295. The van der Waals surface area contributed by atoms with E-state index in [4.69, 9.17) is 0 Å². The van der Waals surface area contributed by atoms with Crippen LogP contribution in [0.15, 0.2) is 0 Å². The maximum Gasteiger partial charge on any atom is 0.0541 e. The Labute approximate surface area is 81.9 Å². The third-order valence-electron chi connectivity index (χ3n) is 3.17. The number of piperidine rings is 1. The van der Waals surface area contributed by atoms with Crippen LogP contribution in [0.3, 0.4) is 0 Å². The zero-order valence-corrected chi connectivity index (χ0v) is 9.38. The Bertz CT molecular complexity index is 152. The fourth-order valence-electron chi connectivity index (χ4n) is 2.05. The van der Waals surface area contributed by atoms with Crippen molar-refractivity contribution in [2.75, 3.05) is 13.1 Å². The van der Waals surface area contributed by atoms with Crippen LogP contribution >= 0.6 is 0 Å². The van der Waals surface area contributed by atoms with Gasteiger partial charge in [0, 0.05) is 5.54 Å². The molecule has 1 N–H and O–H groups in total. The van der Waals surface area contributed by atoms with Gasteiger partial charge in [0.2, 0.25) is 0 Å². The van der Waals surface area contributed by atoms with E-state index in [1.54, 1.807) is 0 Å². The largest absolute Gasteiger partial charge is 0.393 e. The Kier molecular flexibility index (Phi) is 3.36. The summed E-state index contributed by atoms with van der Waals surface area (Å²) in [6, 6.07) is 0. The Morgan fingerprint density at radius 1 is 1.23 bits per heavy atom. The monoisotopic (exact) mass is 185 g/mol. The van der Waals surface area contributed by atoms with Crippen LogP contribution in [0.1, 0.15) is 40.5 Å². The number of hydrogen-bond donors (Lipinski definition) is 1. The van der Waals surface area contributed by atoms with Gasteiger partial charge in [0.25, 0.3) is 0 Å². The van der Waals surface area contributed by atoms with E-state index >= 15 is 0 Å². The van der Waals surface area contributed by atoms with Crippen LogP contribution in [0.25, 0.3) is 0 Å². The van der Waals surface area contributed by atoms with Gasteiger partial charge in [0.05, 0.1) is 6.10 Å². The van der Waals surface area contributed by atoms with Crippen molar-refractivity contribution in [2.45, 2.75) is 52.2 Å². The van der Waals surface area contributed by atoms with E-state index < -0.39 is 0 Å². The first kappa shape index (κ1) is 11.0. The highest BCUT2D eigenvalue weighted by Crippen LogP contribution is 2.25. The lowest BCUT2D eigenvalue weighted by Gasteiger charge is -2.41. The number of aliphatic hydroxyl groups excluding tert-OH is 1. The normalized spacial score (nSPS) is 24.7. The van der Waals surface area contributed by atoms with E-state index in [0.717, 1.165) is 25.9 Å². The van der Waals surface area contributed by atoms with Gasteiger partial charge in [-0.15, -0.1) is 0 Å². The van der Waals surface area contributed by atoms with Gasteiger partial charge in [0.15, 0.2) is 0 Å². The Hall–Kier alpha value is -0.0800. The summed E-state index contributed by atoms with van der Waals surface area (Å²) in [4.78, 5) is 2.51. The van der Waals surface area contributed by atoms with Crippen LogP contribution in [0, 0.1) is 5.92 Å². The zero-order chi connectivity index (χ0) is 10.1. The lowest BCUT2D eigenvalue weighted by Crippen LogP contribution is -2.47. The summed E-state index contributed by atoms with van der Waals surface area (Å²) in [7, 11) is 0. The van der Waals surface area contributed by atoms with Crippen LogP contribution in [-0.4, -0.2) is 34.7 Å². The van der Waals surface area contributed by atoms with E-state index in [9.17, 15) is 5.11 Å². The SMILES string of the molecule is CC(O)C1CCN(C(C)(C)C)CC1. The van der Waals surface area contributed by atoms with Crippen molar-refractivity contribution in [3.05, 3.63) is 0 Å². The van der Waals surface area contributed by atoms with Crippen molar-refractivity contribution < 1.29 is 5.11 Å². The van der Waals surface area contributed by atoms with Crippen molar-refractivity contribution >= 4 is 0 Å². The second-order valence-electron chi connectivity index (χ2n) is 5.24. The van der Waals surface area contributed by atoms with Crippen LogP contribution < -0.4 is 0 Å². The standard InChI is InChI=1S/C11H23NO/c1-9(13)10-5-7-12(8-6-10)11(2,3)4/h9-10,13H,5-8H2,1-4H3. The maximum atomic E-state index is 9.45. The van der Waals surface area contributed by atoms with Gasteiger partial charge in [-0.2, -0.15) is 0 Å². The van der Waals surface area contributed by atoms with Crippen LogP contribution in [0.5, 0.6) is 0 Å². The Morgan fingerprint density at radius 2 is 1.69 bits per heavy atom. The molecule has 1 unspecified atom stereocenters. The fraction of sp³-hybridized carbons (Fsp3) is 1.00. The molecular weight excluding hydrogens is 162 g/mol. The van der Waals surface area contributed by atoms with Gasteiger partial charge < -0.3 is 5.11 Å². The second-order valence-corrected chi connectivity index (χ2v) is 5.24. The average molecular weight is 185 g/mol. The predicted molar refractivity (Wildman–Crippen MR) is 55.7 cm³/mol. The highest BCUT2D eigenvalue weighted by molar-refractivity contribution is 4.82. The van der Waals surface area contributed by atoms with Gasteiger partial charge in [0.1, 0.15) is 0 Å². The summed E-state index contributed by atoms with van der Waals surface area (Å²) in [6.45, 7) is 11.0. The molecule has 0 aromatic heterocycles. The van der Waals surface area contributed by atoms with Crippen molar-refractivity contribution in [3.63, 3.8) is 0 Å². The molecule has 1 atom stereocenters. The molecule has 2 nitrogen and oxygen atoms in total. The lowest BCUT2D eigenvalue weighted by molar-refractivity contribution is 0.0364. The summed E-state index contributed by atoms with van der Waals surface area (Å²) < 4.78 is 0. The first-order chi connectivity index (χ1) is 5.91. The molecule has 0 aliphatic carbocycles. The molecule has 0 aromatic rings. The van der Waals surface area contributed by atoms with Crippen LogP contribution in [-0.2, 0) is 0 Å². The number of aliphatic hydroxyl groups is 1. The molecule has 1 fully saturated rings. The van der Waals surface area contributed by atoms with Crippen molar-refractivity contribution in [2.24, 2.45) is 5.92 Å². The predicted octanol–water partition coefficient (Wildman–Crippen LogP) is 1.88. The molecule has 1 rings (SSSR count). The van der Waals surface area contributed by atoms with Gasteiger partial charge in [-0.3, -0.25) is 4.90 Å². The third-order valence-corrected chi connectivity index (χ3v) is 3.17. The minimum Gasteiger partial charge on any atom is -0.393 e. The molecule has 1 heterocycles. The molecule has 0 aromatic carbocycles. The molecule has 0 saturated carbocycles. The topological polar surface area (TPSA) is 23.5 Å². The minimum absolute atomic E-state index is 0.123. The highest BCUT2D eigenvalue weighted by atomic mass is 16.3. The smallest absolute Gasteiger partial charge is 0.0541 e. The minimum atomic E-state index is -0.123. The first-order valence-electron chi connectivity index (χ1n) is 5.34. The molecule has 1 aliphatic rings. The van der Waals surface area contributed by atoms with E-state index in [1.807, 2.05) is 6.92 Å². The molecule has 2 heteroatoms. The van der Waals surface area contributed by atoms with Gasteiger partial charge >= 0.3 is 0 Å². The molecule has 0 bridgehead atoms. The van der Waals surface area contributed by atoms with Crippen LogP contribution in [0.4, 0.5) is 0 Å². The van der Waals surface area contributed by atoms with Crippen molar-refractivity contribution in [1.29, 1.82) is 0 Å². The molecule has 13 heavy (non-hydrogen) atoms. The Balaban J connectivity index is 2.39. The van der Waals surface area contributed by atoms with Gasteiger partial charge in [-0.25, -0.2) is 0 Å². The quantitative estimate of drug-likeness (QED) is 0.674. The van der Waals surface area contributed by atoms with E-state index in [1.165, 1.54) is 0 Å². The number of likely N-dealkylation sites (tertiary alicyclic amines) is 1. The molecular formula is C11H23NO. The third kappa shape index (κ3) is 2.96. The van der Waals surface area contributed by atoms with Crippen molar-refractivity contribution in [3.8, 4) is 0 Å². The molecule has 0 radical (unpaired) electrons. The van der Waals surface area contributed by atoms with E-state index in [0.29, 0.717) is 11.5 Å². The summed E-state index contributed by atoms with van der Waals surface area (Å²) in [5, 5.41) is 9.45. The Morgan fingerprint density at radius 3 is 2.00 bits per heavy atom. The molecule has 1 aliphatic heterocycles. The van der Waals surface area contributed by atoms with Gasteiger partial charge in [-0.1, -0.05) is 0 Å². The summed E-state index contributed by atoms with van der Waals surface area (Å²) in [6.07, 6.45) is 2.17. The highest BCUT2D eigenvalue weighted by Gasteiger charge is 2.28. The van der Waals surface area contributed by atoms with Crippen LogP contribution in [0.2, 0.25) is 0 Å². The molecule has 0 spiro atoms. The number of rotatable bonds is 1. The number of hydrogen-bond acceptors (Lipinski definition) is 2. The number of nitrogens with zero attached hydrogens (tertiary/aromatic N) is 1. The van der Waals surface area contributed by atoms with Crippen molar-refractivity contribution in [1.82, 2.24) is 4.90 Å². The van der Waals surface area contributed by atoms with E-state index in [-0.39, 0.29) is 6.10 Å². The average Bonchev–Trinajstić information content (AvgIpc) is 2.03. The van der Waals surface area contributed by atoms with Gasteiger partial charge in [-0.05, 0) is 59.5 Å². The summed E-state index contributed by atoms with van der Waals surface area (Å²) in [5.74, 6) is 0.526. The summed E-state index contributed by atoms with van der Waals surface area (Å²) >= 11 is 0. The maximum absolute atomic E-state index is 9.45.